The third kappa shape index (κ3) is 3.55. The molecule has 0 aliphatic rings. The van der Waals surface area contributed by atoms with E-state index in [1.807, 2.05) is 25.1 Å². The van der Waals surface area contributed by atoms with Crippen LogP contribution in [0.2, 0.25) is 0 Å². The number of rotatable bonds is 4. The summed E-state index contributed by atoms with van der Waals surface area (Å²) in [7, 11) is 0. The van der Waals surface area contributed by atoms with Gasteiger partial charge in [0.2, 0.25) is 0 Å². The Bertz CT molecular complexity index is 561. The van der Waals surface area contributed by atoms with E-state index in [1.54, 1.807) is 18.3 Å². The molecule has 0 saturated heterocycles. The Labute approximate surface area is 125 Å². The number of aromatic nitrogens is 1. The maximum Gasteiger partial charge on any atom is 0.140 e. The summed E-state index contributed by atoms with van der Waals surface area (Å²) in [5, 5.41) is 10.7. The molecular formula is C14H16BrNO2S. The van der Waals surface area contributed by atoms with E-state index in [4.69, 9.17) is 4.74 Å². The maximum absolute atomic E-state index is 9.73. The van der Waals surface area contributed by atoms with Crippen LogP contribution in [0.5, 0.6) is 5.75 Å². The molecule has 2 aromatic rings. The van der Waals surface area contributed by atoms with E-state index < -0.39 is 6.10 Å². The zero-order chi connectivity index (χ0) is 14.0. The predicted molar refractivity (Wildman–Crippen MR) is 80.7 cm³/mol. The number of hydrogen-bond donors (Lipinski definition) is 1. The summed E-state index contributed by atoms with van der Waals surface area (Å²) in [6.07, 6.45) is -0.553. The van der Waals surface area contributed by atoms with Crippen molar-refractivity contribution < 1.29 is 9.84 Å². The molecule has 0 aliphatic heterocycles. The predicted octanol–water partition coefficient (Wildman–Crippen LogP) is 4.15. The van der Waals surface area contributed by atoms with Crippen LogP contribution >= 0.6 is 27.3 Å². The first kappa shape index (κ1) is 14.5. The summed E-state index contributed by atoms with van der Waals surface area (Å²) in [5.74, 6) is 0.690. The van der Waals surface area contributed by atoms with Crippen LogP contribution in [0.25, 0.3) is 0 Å². The summed E-state index contributed by atoms with van der Waals surface area (Å²) < 4.78 is 6.72. The standard InChI is InChI=1S/C14H16BrNO2S/c1-8-10(3)19-14(16-8)7-18-13-6-11(15)4-5-12(13)9(2)17/h4-6,9,17H,7H2,1-3H3. The maximum atomic E-state index is 9.73. The lowest BCUT2D eigenvalue weighted by atomic mass is 10.1. The lowest BCUT2D eigenvalue weighted by Crippen LogP contribution is -2.01. The fourth-order valence-corrected chi connectivity index (χ4v) is 2.91. The minimum absolute atomic E-state index is 0.426. The number of thiazole rings is 1. The van der Waals surface area contributed by atoms with Gasteiger partial charge in [0.15, 0.2) is 0 Å². The molecule has 19 heavy (non-hydrogen) atoms. The lowest BCUT2D eigenvalue weighted by molar-refractivity contribution is 0.190. The second kappa shape index (κ2) is 6.03. The zero-order valence-electron chi connectivity index (χ0n) is 11.1. The highest BCUT2D eigenvalue weighted by molar-refractivity contribution is 9.10. The molecule has 0 amide bonds. The molecule has 1 atom stereocenters. The minimum Gasteiger partial charge on any atom is -0.486 e. The summed E-state index contributed by atoms with van der Waals surface area (Å²) in [6.45, 7) is 6.20. The zero-order valence-corrected chi connectivity index (χ0v) is 13.5. The van der Waals surface area contributed by atoms with Crippen LogP contribution in [0.3, 0.4) is 0 Å². The van der Waals surface area contributed by atoms with Crippen molar-refractivity contribution in [1.29, 1.82) is 0 Å². The van der Waals surface area contributed by atoms with E-state index in [2.05, 4.69) is 27.8 Å². The van der Waals surface area contributed by atoms with Gasteiger partial charge in [0, 0.05) is 14.9 Å². The largest absolute Gasteiger partial charge is 0.486 e. The third-order valence-corrected chi connectivity index (χ3v) is 4.39. The quantitative estimate of drug-likeness (QED) is 0.907. The first-order valence-electron chi connectivity index (χ1n) is 6.00. The molecule has 1 heterocycles. The van der Waals surface area contributed by atoms with Gasteiger partial charge >= 0.3 is 0 Å². The topological polar surface area (TPSA) is 42.4 Å². The van der Waals surface area contributed by atoms with Gasteiger partial charge in [-0.1, -0.05) is 22.0 Å². The Morgan fingerprint density at radius 1 is 1.42 bits per heavy atom. The first-order chi connectivity index (χ1) is 8.97. The van der Waals surface area contributed by atoms with Crippen LogP contribution in [0.1, 0.15) is 34.2 Å². The van der Waals surface area contributed by atoms with Crippen LogP contribution < -0.4 is 4.74 Å². The Kier molecular flexibility index (Phi) is 4.60. The number of aliphatic hydroxyl groups is 1. The monoisotopic (exact) mass is 341 g/mol. The SMILES string of the molecule is Cc1nc(COc2cc(Br)ccc2C(C)O)sc1C. The van der Waals surface area contributed by atoms with Crippen molar-refractivity contribution in [2.24, 2.45) is 0 Å². The van der Waals surface area contributed by atoms with E-state index in [1.165, 1.54) is 4.88 Å². The lowest BCUT2D eigenvalue weighted by Gasteiger charge is -2.13. The summed E-state index contributed by atoms with van der Waals surface area (Å²) >= 11 is 5.05. The van der Waals surface area contributed by atoms with E-state index >= 15 is 0 Å². The van der Waals surface area contributed by atoms with Gasteiger partial charge in [0.05, 0.1) is 11.8 Å². The second-order valence-electron chi connectivity index (χ2n) is 4.40. The number of halogens is 1. The van der Waals surface area contributed by atoms with Gasteiger partial charge in [-0.25, -0.2) is 4.98 Å². The fraction of sp³-hybridized carbons (Fsp3) is 0.357. The number of aryl methyl sites for hydroxylation is 2. The van der Waals surface area contributed by atoms with Crippen LogP contribution in [-0.2, 0) is 6.61 Å². The molecule has 0 bridgehead atoms. The van der Waals surface area contributed by atoms with Crippen molar-refractivity contribution in [1.82, 2.24) is 4.98 Å². The number of hydrogen-bond acceptors (Lipinski definition) is 4. The molecule has 0 saturated carbocycles. The van der Waals surface area contributed by atoms with Gasteiger partial charge in [0.25, 0.3) is 0 Å². The van der Waals surface area contributed by atoms with Gasteiger partial charge < -0.3 is 9.84 Å². The molecule has 0 radical (unpaired) electrons. The molecule has 0 aliphatic carbocycles. The van der Waals surface area contributed by atoms with Crippen molar-refractivity contribution in [2.75, 3.05) is 0 Å². The Morgan fingerprint density at radius 2 is 2.16 bits per heavy atom. The van der Waals surface area contributed by atoms with Crippen molar-refractivity contribution in [2.45, 2.75) is 33.5 Å². The van der Waals surface area contributed by atoms with E-state index in [0.29, 0.717) is 12.4 Å². The van der Waals surface area contributed by atoms with Crippen molar-refractivity contribution in [3.63, 3.8) is 0 Å². The summed E-state index contributed by atoms with van der Waals surface area (Å²) in [6, 6.07) is 5.63. The number of benzene rings is 1. The van der Waals surface area contributed by atoms with Crippen molar-refractivity contribution in [3.05, 3.63) is 43.8 Å². The highest BCUT2D eigenvalue weighted by atomic mass is 79.9. The van der Waals surface area contributed by atoms with Crippen molar-refractivity contribution in [3.8, 4) is 5.75 Å². The molecule has 0 spiro atoms. The fourth-order valence-electron chi connectivity index (χ4n) is 1.72. The van der Waals surface area contributed by atoms with Crippen LogP contribution in [-0.4, -0.2) is 10.1 Å². The minimum atomic E-state index is -0.553. The Balaban J connectivity index is 2.16. The molecule has 1 aromatic heterocycles. The molecule has 3 nitrogen and oxygen atoms in total. The average Bonchev–Trinajstić information content (AvgIpc) is 2.66. The first-order valence-corrected chi connectivity index (χ1v) is 7.61. The van der Waals surface area contributed by atoms with Gasteiger partial charge in [-0.05, 0) is 32.9 Å². The van der Waals surface area contributed by atoms with Crippen molar-refractivity contribution >= 4 is 27.3 Å². The number of aliphatic hydroxyl groups excluding tert-OH is 1. The van der Waals surface area contributed by atoms with Gasteiger partial charge in [-0.2, -0.15) is 0 Å². The summed E-state index contributed by atoms with van der Waals surface area (Å²) in [4.78, 5) is 5.65. The van der Waals surface area contributed by atoms with E-state index in [-0.39, 0.29) is 0 Å². The second-order valence-corrected chi connectivity index (χ2v) is 6.60. The Morgan fingerprint density at radius 3 is 2.74 bits per heavy atom. The van der Waals surface area contributed by atoms with Gasteiger partial charge in [-0.3, -0.25) is 0 Å². The highest BCUT2D eigenvalue weighted by Gasteiger charge is 2.11. The summed E-state index contributed by atoms with van der Waals surface area (Å²) in [5.41, 5.74) is 1.83. The van der Waals surface area contributed by atoms with E-state index in [0.717, 1.165) is 20.7 Å². The van der Waals surface area contributed by atoms with E-state index in [9.17, 15) is 5.11 Å². The third-order valence-electron chi connectivity index (χ3n) is 2.85. The molecule has 0 fully saturated rings. The van der Waals surface area contributed by atoms with Crippen LogP contribution in [0.4, 0.5) is 0 Å². The molecule has 5 heteroatoms. The van der Waals surface area contributed by atoms with Gasteiger partial charge in [-0.15, -0.1) is 11.3 Å². The number of ether oxygens (including phenoxy) is 1. The smallest absolute Gasteiger partial charge is 0.140 e. The van der Waals surface area contributed by atoms with Crippen LogP contribution in [0.15, 0.2) is 22.7 Å². The highest BCUT2D eigenvalue weighted by Crippen LogP contribution is 2.29. The number of nitrogens with zero attached hydrogens (tertiary/aromatic N) is 1. The van der Waals surface area contributed by atoms with Gasteiger partial charge in [0.1, 0.15) is 17.4 Å². The van der Waals surface area contributed by atoms with Crippen LogP contribution in [0, 0.1) is 13.8 Å². The molecule has 1 aromatic carbocycles. The molecular weight excluding hydrogens is 326 g/mol. The molecule has 1 unspecified atom stereocenters. The Hall–Kier alpha value is -0.910. The average molecular weight is 342 g/mol. The molecule has 2 rings (SSSR count). The molecule has 1 N–H and O–H groups in total. The normalized spacial score (nSPS) is 12.5. The molecule has 102 valence electrons.